The van der Waals surface area contributed by atoms with Gasteiger partial charge in [0.2, 0.25) is 0 Å². The molecule has 1 rings (SSSR count). The maximum absolute atomic E-state index is 2.33. The number of allylic oxidation sites excluding steroid dienone is 2. The highest BCUT2D eigenvalue weighted by atomic mass is 14.1. The van der Waals surface area contributed by atoms with Gasteiger partial charge in [-0.25, -0.2) is 0 Å². The van der Waals surface area contributed by atoms with E-state index < -0.39 is 0 Å². The van der Waals surface area contributed by atoms with E-state index in [-0.39, 0.29) is 0 Å². The molecule has 9 heavy (non-hydrogen) atoms. The van der Waals surface area contributed by atoms with E-state index in [0.29, 0.717) is 0 Å². The third kappa shape index (κ3) is 1.38. The molecule has 0 nitrogen and oxygen atoms in total. The monoisotopic (exact) mass is 122 g/mol. The third-order valence-corrected chi connectivity index (χ3v) is 2.45. The zero-order chi connectivity index (χ0) is 7.02. The lowest BCUT2D eigenvalue weighted by Gasteiger charge is -1.97. The SMILES string of the molecule is CC(C)=C(C)B1CC1C. The van der Waals surface area contributed by atoms with Gasteiger partial charge in [-0.3, -0.25) is 0 Å². The smallest absolute Gasteiger partial charge is 0.105 e. The van der Waals surface area contributed by atoms with E-state index in [0.717, 1.165) is 12.5 Å². The van der Waals surface area contributed by atoms with Gasteiger partial charge in [-0.1, -0.05) is 31.6 Å². The highest BCUT2D eigenvalue weighted by Crippen LogP contribution is 2.41. The van der Waals surface area contributed by atoms with Gasteiger partial charge >= 0.3 is 0 Å². The zero-order valence-electron chi connectivity index (χ0n) is 6.86. The van der Waals surface area contributed by atoms with Gasteiger partial charge in [0.25, 0.3) is 0 Å². The van der Waals surface area contributed by atoms with Crippen molar-refractivity contribution >= 4 is 6.71 Å². The van der Waals surface area contributed by atoms with E-state index in [1.807, 2.05) is 0 Å². The molecule has 50 valence electrons. The molecule has 0 spiro atoms. The van der Waals surface area contributed by atoms with Crippen LogP contribution >= 0.6 is 0 Å². The topological polar surface area (TPSA) is 0 Å². The van der Waals surface area contributed by atoms with E-state index in [1.165, 1.54) is 11.9 Å². The average molecular weight is 122 g/mol. The maximum atomic E-state index is 2.33. The summed E-state index contributed by atoms with van der Waals surface area (Å²) in [6.07, 6.45) is 1.43. The quantitative estimate of drug-likeness (QED) is 0.469. The summed E-state index contributed by atoms with van der Waals surface area (Å²) in [6.45, 7) is 9.96. The van der Waals surface area contributed by atoms with Gasteiger partial charge in [0.15, 0.2) is 6.71 Å². The first-order valence-electron chi connectivity index (χ1n) is 3.77. The van der Waals surface area contributed by atoms with Gasteiger partial charge in [-0.05, 0) is 13.8 Å². The summed E-state index contributed by atoms with van der Waals surface area (Å²) in [5, 5.41) is 0. The Kier molecular flexibility index (Phi) is 1.69. The molecule has 0 aromatic carbocycles. The van der Waals surface area contributed by atoms with Crippen molar-refractivity contribution in [2.24, 2.45) is 0 Å². The molecule has 0 aliphatic carbocycles. The van der Waals surface area contributed by atoms with Crippen molar-refractivity contribution in [1.82, 2.24) is 0 Å². The standard InChI is InChI=1S/C8H15B/c1-6(2)8(4)9-5-7(9)3/h7H,5H2,1-4H3. The number of hydrogen-bond donors (Lipinski definition) is 0. The van der Waals surface area contributed by atoms with Crippen LogP contribution in [0.4, 0.5) is 0 Å². The highest BCUT2D eigenvalue weighted by Gasteiger charge is 2.38. The average Bonchev–Trinajstić information content (AvgIpc) is 2.44. The van der Waals surface area contributed by atoms with Crippen LogP contribution in [0.25, 0.3) is 0 Å². The van der Waals surface area contributed by atoms with Crippen LogP contribution < -0.4 is 0 Å². The third-order valence-electron chi connectivity index (χ3n) is 2.45. The minimum absolute atomic E-state index is 0.940. The second-order valence-corrected chi connectivity index (χ2v) is 3.50. The van der Waals surface area contributed by atoms with E-state index in [2.05, 4.69) is 27.7 Å². The molecule has 1 saturated heterocycles. The maximum Gasteiger partial charge on any atom is 0.171 e. The second kappa shape index (κ2) is 2.20. The van der Waals surface area contributed by atoms with Gasteiger partial charge in [-0.2, -0.15) is 0 Å². The molecular formula is C8H15B. The Bertz CT molecular complexity index is 143. The van der Waals surface area contributed by atoms with Crippen LogP contribution in [-0.4, -0.2) is 6.71 Å². The van der Waals surface area contributed by atoms with Crippen LogP contribution in [-0.2, 0) is 0 Å². The number of rotatable bonds is 1. The van der Waals surface area contributed by atoms with Crippen molar-refractivity contribution in [2.45, 2.75) is 39.8 Å². The molecule has 0 bridgehead atoms. The van der Waals surface area contributed by atoms with Gasteiger partial charge in [0, 0.05) is 0 Å². The molecule has 0 saturated carbocycles. The molecule has 0 aromatic rings. The van der Waals surface area contributed by atoms with Gasteiger partial charge in [0.1, 0.15) is 0 Å². The largest absolute Gasteiger partial charge is 0.171 e. The molecule has 1 atom stereocenters. The molecule has 0 amide bonds. The van der Waals surface area contributed by atoms with Crippen LogP contribution in [0.15, 0.2) is 11.0 Å². The fourth-order valence-electron chi connectivity index (χ4n) is 1.30. The van der Waals surface area contributed by atoms with Crippen molar-refractivity contribution in [3.05, 3.63) is 11.0 Å². The first kappa shape index (κ1) is 6.92. The summed E-state index contributed by atoms with van der Waals surface area (Å²) in [5.41, 5.74) is 3.15. The van der Waals surface area contributed by atoms with Crippen LogP contribution in [0.3, 0.4) is 0 Å². The van der Waals surface area contributed by atoms with Crippen LogP contribution in [0, 0.1) is 0 Å². The summed E-state index contributed by atoms with van der Waals surface area (Å²) >= 11 is 0. The van der Waals surface area contributed by atoms with Crippen molar-refractivity contribution in [3.63, 3.8) is 0 Å². The summed E-state index contributed by atoms with van der Waals surface area (Å²) in [5.74, 6) is 0.972. The molecule has 0 aromatic heterocycles. The van der Waals surface area contributed by atoms with Crippen molar-refractivity contribution in [1.29, 1.82) is 0 Å². The Morgan fingerprint density at radius 3 is 1.89 bits per heavy atom. The van der Waals surface area contributed by atoms with E-state index in [4.69, 9.17) is 0 Å². The van der Waals surface area contributed by atoms with E-state index in [9.17, 15) is 0 Å². The minimum Gasteiger partial charge on any atom is -0.105 e. The van der Waals surface area contributed by atoms with Crippen molar-refractivity contribution in [3.8, 4) is 0 Å². The Hall–Kier alpha value is -0.195. The fraction of sp³-hybridized carbons (Fsp3) is 0.750. The predicted octanol–water partition coefficient (Wildman–Crippen LogP) is 2.78. The summed E-state index contributed by atoms with van der Waals surface area (Å²) in [7, 11) is 0. The molecule has 1 aliphatic rings. The molecule has 1 aliphatic heterocycles. The Morgan fingerprint density at radius 2 is 1.78 bits per heavy atom. The lowest BCUT2D eigenvalue weighted by molar-refractivity contribution is 1.21. The molecule has 1 heterocycles. The molecule has 0 radical (unpaired) electrons. The normalized spacial score (nSPS) is 24.0. The molecule has 1 heteroatoms. The summed E-state index contributed by atoms with van der Waals surface area (Å²) in [6, 6.07) is 0. The van der Waals surface area contributed by atoms with Gasteiger partial charge in [0.05, 0.1) is 0 Å². The molecule has 1 unspecified atom stereocenters. The lowest BCUT2D eigenvalue weighted by atomic mass is 9.59. The Labute approximate surface area is 58.4 Å². The first-order chi connectivity index (χ1) is 4.13. The summed E-state index contributed by atoms with van der Waals surface area (Å²) < 4.78 is 0. The molecular weight excluding hydrogens is 107 g/mol. The second-order valence-electron chi connectivity index (χ2n) is 3.50. The zero-order valence-corrected chi connectivity index (χ0v) is 6.86. The fourth-order valence-corrected chi connectivity index (χ4v) is 1.30. The van der Waals surface area contributed by atoms with Gasteiger partial charge in [-0.15, -0.1) is 5.47 Å². The van der Waals surface area contributed by atoms with Crippen LogP contribution in [0.1, 0.15) is 27.7 Å². The highest BCUT2D eigenvalue weighted by molar-refractivity contribution is 6.78. The predicted molar refractivity (Wildman–Crippen MR) is 44.0 cm³/mol. The lowest BCUT2D eigenvalue weighted by Crippen LogP contribution is -1.94. The van der Waals surface area contributed by atoms with Crippen LogP contribution in [0.2, 0.25) is 12.1 Å². The van der Waals surface area contributed by atoms with Gasteiger partial charge < -0.3 is 0 Å². The van der Waals surface area contributed by atoms with Crippen molar-refractivity contribution < 1.29 is 0 Å². The Morgan fingerprint density at radius 1 is 1.33 bits per heavy atom. The van der Waals surface area contributed by atoms with E-state index >= 15 is 0 Å². The molecule has 0 N–H and O–H groups in total. The van der Waals surface area contributed by atoms with E-state index in [1.54, 1.807) is 5.47 Å². The Balaban J connectivity index is 2.54. The number of hydrogen-bond acceptors (Lipinski definition) is 0. The summed E-state index contributed by atoms with van der Waals surface area (Å²) in [4.78, 5) is 0. The first-order valence-corrected chi connectivity index (χ1v) is 3.77. The molecule has 1 fully saturated rings. The van der Waals surface area contributed by atoms with Crippen LogP contribution in [0.5, 0.6) is 0 Å². The van der Waals surface area contributed by atoms with Crippen molar-refractivity contribution in [2.75, 3.05) is 0 Å². The minimum atomic E-state index is 0.940.